The van der Waals surface area contributed by atoms with Gasteiger partial charge < -0.3 is 4.74 Å². The van der Waals surface area contributed by atoms with Gasteiger partial charge in [0, 0.05) is 24.6 Å². The van der Waals surface area contributed by atoms with Gasteiger partial charge in [0.1, 0.15) is 0 Å². The Balaban J connectivity index is 2.25. The third-order valence-electron chi connectivity index (χ3n) is 3.46. The summed E-state index contributed by atoms with van der Waals surface area (Å²) in [5, 5.41) is 0. The van der Waals surface area contributed by atoms with Crippen molar-refractivity contribution < 1.29 is 4.74 Å². The SMILES string of the molecule is CCCCC=C(OC)c1ccccc1[CH+]c1ccccc1. The van der Waals surface area contributed by atoms with Gasteiger partial charge in [0.25, 0.3) is 0 Å². The highest BCUT2D eigenvalue weighted by Gasteiger charge is 2.14. The van der Waals surface area contributed by atoms with Gasteiger partial charge in [-0.1, -0.05) is 13.3 Å². The molecule has 0 aliphatic rings. The maximum atomic E-state index is 5.60. The molecule has 2 aromatic rings. The van der Waals surface area contributed by atoms with Gasteiger partial charge in [-0.15, -0.1) is 0 Å². The fourth-order valence-electron chi connectivity index (χ4n) is 2.32. The minimum atomic E-state index is 0.964. The first-order valence-electron chi connectivity index (χ1n) is 7.58. The summed E-state index contributed by atoms with van der Waals surface area (Å²) >= 11 is 0. The van der Waals surface area contributed by atoms with Gasteiger partial charge in [-0.3, -0.25) is 0 Å². The molecule has 0 atom stereocenters. The third kappa shape index (κ3) is 4.42. The summed E-state index contributed by atoms with van der Waals surface area (Å²) in [4.78, 5) is 0. The van der Waals surface area contributed by atoms with Gasteiger partial charge in [0.2, 0.25) is 0 Å². The average molecular weight is 279 g/mol. The first-order valence-corrected chi connectivity index (χ1v) is 7.58. The van der Waals surface area contributed by atoms with E-state index in [0.717, 1.165) is 17.7 Å². The van der Waals surface area contributed by atoms with E-state index in [2.05, 4.69) is 68.0 Å². The smallest absolute Gasteiger partial charge is 0.156 e. The quantitative estimate of drug-likeness (QED) is 0.371. The number of hydrogen-bond donors (Lipinski definition) is 0. The van der Waals surface area contributed by atoms with E-state index < -0.39 is 0 Å². The number of ether oxygens (including phenoxy) is 1. The van der Waals surface area contributed by atoms with Gasteiger partial charge >= 0.3 is 0 Å². The van der Waals surface area contributed by atoms with Gasteiger partial charge in [-0.2, -0.15) is 0 Å². The van der Waals surface area contributed by atoms with Crippen LogP contribution in [0, 0.1) is 6.42 Å². The molecule has 0 aliphatic carbocycles. The van der Waals surface area contributed by atoms with Crippen LogP contribution in [-0.2, 0) is 4.74 Å². The molecule has 0 spiro atoms. The van der Waals surface area contributed by atoms with E-state index in [1.807, 2.05) is 6.07 Å². The Labute approximate surface area is 128 Å². The molecule has 0 radical (unpaired) electrons. The highest BCUT2D eigenvalue weighted by atomic mass is 16.5. The Hall–Kier alpha value is -2.15. The predicted molar refractivity (Wildman–Crippen MR) is 89.9 cm³/mol. The van der Waals surface area contributed by atoms with Crippen molar-refractivity contribution in [3.63, 3.8) is 0 Å². The number of unbranched alkanes of at least 4 members (excludes halogenated alkanes) is 2. The van der Waals surface area contributed by atoms with Crippen LogP contribution in [0.15, 0.2) is 60.7 Å². The van der Waals surface area contributed by atoms with E-state index in [0.29, 0.717) is 0 Å². The van der Waals surface area contributed by atoms with Crippen LogP contribution in [0.5, 0.6) is 0 Å². The molecule has 0 bridgehead atoms. The Morgan fingerprint density at radius 1 is 1.05 bits per heavy atom. The lowest BCUT2D eigenvalue weighted by atomic mass is 9.98. The number of hydrogen-bond acceptors (Lipinski definition) is 1. The van der Waals surface area contributed by atoms with Gasteiger partial charge in [-0.25, -0.2) is 0 Å². The topological polar surface area (TPSA) is 9.23 Å². The summed E-state index contributed by atoms with van der Waals surface area (Å²) in [6.07, 6.45) is 7.84. The number of allylic oxidation sites excluding steroid dienone is 1. The summed E-state index contributed by atoms with van der Waals surface area (Å²) in [6.45, 7) is 2.21. The lowest BCUT2D eigenvalue weighted by Gasteiger charge is -2.08. The maximum Gasteiger partial charge on any atom is 0.156 e. The van der Waals surface area contributed by atoms with Crippen LogP contribution in [0.1, 0.15) is 42.9 Å². The Kier molecular flexibility index (Phi) is 5.96. The molecule has 0 aliphatic heterocycles. The van der Waals surface area contributed by atoms with Crippen molar-refractivity contribution in [3.8, 4) is 0 Å². The zero-order valence-corrected chi connectivity index (χ0v) is 12.9. The van der Waals surface area contributed by atoms with Crippen molar-refractivity contribution in [1.82, 2.24) is 0 Å². The van der Waals surface area contributed by atoms with Gasteiger partial charge in [-0.05, 0) is 55.3 Å². The van der Waals surface area contributed by atoms with Crippen molar-refractivity contribution >= 4 is 5.76 Å². The lowest BCUT2D eigenvalue weighted by Crippen LogP contribution is -1.95. The molecule has 1 nitrogen and oxygen atoms in total. The molecule has 0 heterocycles. The zero-order chi connectivity index (χ0) is 14.9. The molecule has 2 rings (SSSR count). The second kappa shape index (κ2) is 8.21. The van der Waals surface area contributed by atoms with Gasteiger partial charge in [0.15, 0.2) is 5.76 Å². The molecule has 0 unspecified atom stereocenters. The van der Waals surface area contributed by atoms with E-state index >= 15 is 0 Å². The van der Waals surface area contributed by atoms with Crippen molar-refractivity contribution in [2.24, 2.45) is 0 Å². The lowest BCUT2D eigenvalue weighted by molar-refractivity contribution is 0.368. The van der Waals surface area contributed by atoms with E-state index in [1.54, 1.807) is 7.11 Å². The molecule has 2 aromatic carbocycles. The first kappa shape index (κ1) is 15.2. The van der Waals surface area contributed by atoms with E-state index in [-0.39, 0.29) is 0 Å². The number of methoxy groups -OCH3 is 1. The first-order chi connectivity index (χ1) is 10.3. The molecule has 0 saturated heterocycles. The molecular formula is C20H23O+. The predicted octanol–water partition coefficient (Wildman–Crippen LogP) is 5.46. The van der Waals surface area contributed by atoms with E-state index in [4.69, 9.17) is 4.74 Å². The van der Waals surface area contributed by atoms with Crippen LogP contribution in [-0.4, -0.2) is 7.11 Å². The highest BCUT2D eigenvalue weighted by molar-refractivity contribution is 5.65. The van der Waals surface area contributed by atoms with Crippen LogP contribution in [0.4, 0.5) is 0 Å². The van der Waals surface area contributed by atoms with Crippen LogP contribution in [0.2, 0.25) is 0 Å². The Morgan fingerprint density at radius 2 is 1.76 bits per heavy atom. The van der Waals surface area contributed by atoms with E-state index in [1.165, 1.54) is 24.0 Å². The van der Waals surface area contributed by atoms with Crippen molar-refractivity contribution in [1.29, 1.82) is 0 Å². The van der Waals surface area contributed by atoms with Crippen LogP contribution >= 0.6 is 0 Å². The second-order valence-electron chi connectivity index (χ2n) is 5.06. The third-order valence-corrected chi connectivity index (χ3v) is 3.46. The second-order valence-corrected chi connectivity index (χ2v) is 5.06. The molecule has 1 heteroatoms. The number of rotatable bonds is 7. The molecule has 21 heavy (non-hydrogen) atoms. The maximum absolute atomic E-state index is 5.60. The van der Waals surface area contributed by atoms with Crippen molar-refractivity contribution in [2.75, 3.05) is 7.11 Å². The minimum Gasteiger partial charge on any atom is -0.489 e. The van der Waals surface area contributed by atoms with Crippen LogP contribution in [0.3, 0.4) is 0 Å². The van der Waals surface area contributed by atoms with E-state index in [9.17, 15) is 0 Å². The molecular weight excluding hydrogens is 256 g/mol. The molecule has 108 valence electrons. The summed E-state index contributed by atoms with van der Waals surface area (Å²) in [6, 6.07) is 18.8. The highest BCUT2D eigenvalue weighted by Crippen LogP contribution is 2.24. The average Bonchev–Trinajstić information content (AvgIpc) is 2.54. The van der Waals surface area contributed by atoms with Crippen LogP contribution < -0.4 is 0 Å². The normalized spacial score (nSPS) is 11.2. The van der Waals surface area contributed by atoms with Crippen molar-refractivity contribution in [3.05, 3.63) is 83.8 Å². The Morgan fingerprint density at radius 3 is 2.48 bits per heavy atom. The molecule has 0 aromatic heterocycles. The number of benzene rings is 2. The molecule has 0 N–H and O–H groups in total. The fourth-order valence-corrected chi connectivity index (χ4v) is 2.32. The van der Waals surface area contributed by atoms with Crippen LogP contribution in [0.25, 0.3) is 5.76 Å². The molecule has 0 fully saturated rings. The molecule has 0 amide bonds. The largest absolute Gasteiger partial charge is 0.489 e. The summed E-state index contributed by atoms with van der Waals surface area (Å²) < 4.78 is 5.60. The fraction of sp³-hybridized carbons (Fsp3) is 0.250. The summed E-state index contributed by atoms with van der Waals surface area (Å²) in [5.74, 6) is 0.964. The Bertz CT molecular complexity index is 569. The summed E-state index contributed by atoms with van der Waals surface area (Å²) in [7, 11) is 1.75. The zero-order valence-electron chi connectivity index (χ0n) is 12.9. The standard InChI is InChI=1S/C20H23O/c1-3-4-6-15-20(21-2)19-14-10-9-13-18(19)16-17-11-7-5-8-12-17/h5,7-16H,3-4,6H2,1-2H3/q+1. The summed E-state index contributed by atoms with van der Waals surface area (Å²) in [5.41, 5.74) is 3.54. The monoisotopic (exact) mass is 279 g/mol. The molecule has 0 saturated carbocycles. The van der Waals surface area contributed by atoms with Crippen molar-refractivity contribution in [2.45, 2.75) is 26.2 Å². The minimum absolute atomic E-state index is 0.964. The van der Waals surface area contributed by atoms with Gasteiger partial charge in [0.05, 0.1) is 23.8 Å².